The predicted octanol–water partition coefficient (Wildman–Crippen LogP) is 2.61. The summed E-state index contributed by atoms with van der Waals surface area (Å²) >= 11 is 3.34. The Labute approximate surface area is 138 Å². The molecule has 1 aromatic rings. The van der Waals surface area contributed by atoms with Crippen LogP contribution in [0.15, 0.2) is 28.7 Å². The number of nitrogens with zero attached hydrogens (tertiary/aromatic N) is 1. The van der Waals surface area contributed by atoms with Crippen molar-refractivity contribution >= 4 is 45.9 Å². The molecule has 2 rings (SSSR count). The molecule has 1 aliphatic rings. The molecule has 0 atom stereocenters. The molecule has 5 nitrogen and oxygen atoms in total. The highest BCUT2D eigenvalue weighted by molar-refractivity contribution is 9.10. The molecular weight excluding hydrogens is 360 g/mol. The second-order valence-corrected chi connectivity index (χ2v) is 5.86. The number of piperidine rings is 1. The van der Waals surface area contributed by atoms with Crippen molar-refractivity contribution in [1.29, 1.82) is 0 Å². The van der Waals surface area contributed by atoms with Crippen molar-refractivity contribution < 1.29 is 14.7 Å². The highest BCUT2D eigenvalue weighted by Gasteiger charge is 2.25. The maximum absolute atomic E-state index is 11.9. The van der Waals surface area contributed by atoms with E-state index in [2.05, 4.69) is 21.2 Å². The molecule has 0 radical (unpaired) electrons. The minimum Gasteiger partial charge on any atom is -0.481 e. The Bertz CT molecular complexity index is 487. The van der Waals surface area contributed by atoms with Gasteiger partial charge in [0, 0.05) is 10.2 Å². The third kappa shape index (κ3) is 5.65. The van der Waals surface area contributed by atoms with Gasteiger partial charge in [0.15, 0.2) is 0 Å². The molecule has 1 fully saturated rings. The summed E-state index contributed by atoms with van der Waals surface area (Å²) in [7, 11) is 0. The van der Waals surface area contributed by atoms with Gasteiger partial charge in [0.2, 0.25) is 5.91 Å². The third-order valence-corrected chi connectivity index (χ3v) is 3.96. The molecule has 0 unspecified atom stereocenters. The molecule has 0 spiro atoms. The van der Waals surface area contributed by atoms with Crippen LogP contribution in [0.4, 0.5) is 5.69 Å². The summed E-state index contributed by atoms with van der Waals surface area (Å²) in [6.45, 7) is 1.62. The SMILES string of the molecule is Cl.O=C(CN1CCC(C(=O)O)CC1)Nc1ccc(Br)cc1. The number of amides is 1. The van der Waals surface area contributed by atoms with E-state index in [1.165, 1.54) is 0 Å². The lowest BCUT2D eigenvalue weighted by Crippen LogP contribution is -2.40. The van der Waals surface area contributed by atoms with E-state index in [1.54, 1.807) is 0 Å². The van der Waals surface area contributed by atoms with Crippen LogP contribution in [0.25, 0.3) is 0 Å². The van der Waals surface area contributed by atoms with Gasteiger partial charge in [0.05, 0.1) is 12.5 Å². The number of hydrogen-bond acceptors (Lipinski definition) is 3. The van der Waals surface area contributed by atoms with Crippen molar-refractivity contribution in [3.63, 3.8) is 0 Å². The molecule has 0 aromatic heterocycles. The first-order valence-corrected chi connectivity index (χ1v) is 7.34. The van der Waals surface area contributed by atoms with E-state index in [-0.39, 0.29) is 24.2 Å². The summed E-state index contributed by atoms with van der Waals surface area (Å²) in [5.41, 5.74) is 0.763. The average molecular weight is 378 g/mol. The summed E-state index contributed by atoms with van der Waals surface area (Å²) in [5, 5.41) is 11.8. The smallest absolute Gasteiger partial charge is 0.306 e. The van der Waals surface area contributed by atoms with E-state index in [1.807, 2.05) is 29.2 Å². The van der Waals surface area contributed by atoms with Crippen LogP contribution < -0.4 is 5.32 Å². The van der Waals surface area contributed by atoms with Crippen LogP contribution in [0, 0.1) is 5.92 Å². The molecular formula is C14H18BrClN2O3. The lowest BCUT2D eigenvalue weighted by Gasteiger charge is -2.29. The Hall–Kier alpha value is -1.11. The number of rotatable bonds is 4. The van der Waals surface area contributed by atoms with E-state index in [0.717, 1.165) is 10.2 Å². The molecule has 1 saturated heterocycles. The van der Waals surface area contributed by atoms with Gasteiger partial charge in [-0.1, -0.05) is 15.9 Å². The monoisotopic (exact) mass is 376 g/mol. The number of anilines is 1. The molecule has 1 aliphatic heterocycles. The number of hydrogen-bond donors (Lipinski definition) is 2. The summed E-state index contributed by atoms with van der Waals surface area (Å²) < 4.78 is 0.964. The van der Waals surface area contributed by atoms with Crippen molar-refractivity contribution in [2.45, 2.75) is 12.8 Å². The number of likely N-dealkylation sites (tertiary alicyclic amines) is 1. The number of nitrogens with one attached hydrogen (secondary N) is 1. The van der Waals surface area contributed by atoms with E-state index in [4.69, 9.17) is 5.11 Å². The van der Waals surface area contributed by atoms with Crippen LogP contribution in [0.5, 0.6) is 0 Å². The van der Waals surface area contributed by atoms with Gasteiger partial charge >= 0.3 is 5.97 Å². The van der Waals surface area contributed by atoms with Gasteiger partial charge in [-0.25, -0.2) is 0 Å². The highest BCUT2D eigenvalue weighted by Crippen LogP contribution is 2.17. The number of carbonyl (C=O) groups is 2. The zero-order valence-electron chi connectivity index (χ0n) is 11.4. The quantitative estimate of drug-likeness (QED) is 0.846. The minimum absolute atomic E-state index is 0. The number of carboxylic acids is 1. The fraction of sp³-hybridized carbons (Fsp3) is 0.429. The van der Waals surface area contributed by atoms with Gasteiger partial charge in [-0.3, -0.25) is 14.5 Å². The molecule has 7 heteroatoms. The van der Waals surface area contributed by atoms with Crippen LogP contribution in [-0.2, 0) is 9.59 Å². The minimum atomic E-state index is -0.732. The first-order chi connectivity index (χ1) is 9.54. The Morgan fingerprint density at radius 1 is 1.24 bits per heavy atom. The fourth-order valence-electron chi connectivity index (χ4n) is 2.27. The van der Waals surface area contributed by atoms with Crippen molar-refractivity contribution in [2.24, 2.45) is 5.92 Å². The van der Waals surface area contributed by atoms with Crippen molar-refractivity contribution in [3.8, 4) is 0 Å². The van der Waals surface area contributed by atoms with Crippen LogP contribution in [0.1, 0.15) is 12.8 Å². The van der Waals surface area contributed by atoms with Crippen LogP contribution in [0.2, 0.25) is 0 Å². The topological polar surface area (TPSA) is 69.6 Å². The number of carbonyl (C=O) groups excluding carboxylic acids is 1. The summed E-state index contributed by atoms with van der Waals surface area (Å²) in [5.74, 6) is -1.06. The van der Waals surface area contributed by atoms with Gasteiger partial charge in [0.25, 0.3) is 0 Å². The van der Waals surface area contributed by atoms with E-state index in [9.17, 15) is 9.59 Å². The number of aliphatic carboxylic acids is 1. The molecule has 1 aromatic carbocycles. The Kier molecular flexibility index (Phi) is 7.14. The van der Waals surface area contributed by atoms with Crippen LogP contribution in [0.3, 0.4) is 0 Å². The Morgan fingerprint density at radius 3 is 2.33 bits per heavy atom. The summed E-state index contributed by atoms with van der Waals surface area (Å²) in [4.78, 5) is 24.7. The zero-order chi connectivity index (χ0) is 14.5. The average Bonchev–Trinajstić information content (AvgIpc) is 2.42. The molecule has 0 saturated carbocycles. The third-order valence-electron chi connectivity index (χ3n) is 3.43. The van der Waals surface area contributed by atoms with Crippen molar-refractivity contribution in [1.82, 2.24) is 4.90 Å². The van der Waals surface area contributed by atoms with Crippen LogP contribution >= 0.6 is 28.3 Å². The highest BCUT2D eigenvalue weighted by atomic mass is 79.9. The molecule has 21 heavy (non-hydrogen) atoms. The number of halogens is 2. The maximum Gasteiger partial charge on any atom is 0.306 e. The molecule has 1 heterocycles. The lowest BCUT2D eigenvalue weighted by molar-refractivity contribution is -0.143. The zero-order valence-corrected chi connectivity index (χ0v) is 13.8. The maximum atomic E-state index is 11.9. The van der Waals surface area contributed by atoms with Gasteiger partial charge < -0.3 is 10.4 Å². The van der Waals surface area contributed by atoms with Crippen molar-refractivity contribution in [3.05, 3.63) is 28.7 Å². The summed E-state index contributed by atoms with van der Waals surface area (Å²) in [6, 6.07) is 7.40. The van der Waals surface area contributed by atoms with Gasteiger partial charge in [-0.05, 0) is 50.2 Å². The second-order valence-electron chi connectivity index (χ2n) is 4.94. The van der Waals surface area contributed by atoms with Crippen LogP contribution in [-0.4, -0.2) is 41.5 Å². The fourth-order valence-corrected chi connectivity index (χ4v) is 2.54. The second kappa shape index (κ2) is 8.36. The van der Waals surface area contributed by atoms with Crippen molar-refractivity contribution in [2.75, 3.05) is 25.0 Å². The predicted molar refractivity (Wildman–Crippen MR) is 86.8 cm³/mol. The lowest BCUT2D eigenvalue weighted by atomic mass is 9.97. The molecule has 1 amide bonds. The molecule has 116 valence electrons. The molecule has 0 aliphatic carbocycles. The Balaban J connectivity index is 0.00000220. The Morgan fingerprint density at radius 2 is 1.81 bits per heavy atom. The first kappa shape index (κ1) is 17.9. The normalized spacial score (nSPS) is 16.0. The molecule has 0 bridgehead atoms. The number of benzene rings is 1. The van der Waals surface area contributed by atoms with Gasteiger partial charge in [-0.2, -0.15) is 0 Å². The summed E-state index contributed by atoms with van der Waals surface area (Å²) in [6.07, 6.45) is 1.22. The van der Waals surface area contributed by atoms with E-state index < -0.39 is 5.97 Å². The standard InChI is InChI=1S/C14H17BrN2O3.ClH/c15-11-1-3-12(4-2-11)16-13(18)9-17-7-5-10(6-8-17)14(19)20;/h1-4,10H,5-9H2,(H,16,18)(H,19,20);1H. The first-order valence-electron chi connectivity index (χ1n) is 6.55. The molecule has 2 N–H and O–H groups in total. The van der Waals surface area contributed by atoms with Gasteiger partial charge in [0.1, 0.15) is 0 Å². The van der Waals surface area contributed by atoms with E-state index in [0.29, 0.717) is 32.5 Å². The van der Waals surface area contributed by atoms with E-state index >= 15 is 0 Å². The van der Waals surface area contributed by atoms with Gasteiger partial charge in [-0.15, -0.1) is 12.4 Å². The number of carboxylic acid groups (broad SMARTS) is 1. The largest absolute Gasteiger partial charge is 0.481 e.